The average Bonchev–Trinajstić information content (AvgIpc) is 2.70. The summed E-state index contributed by atoms with van der Waals surface area (Å²) in [4.78, 5) is 28.8. The quantitative estimate of drug-likeness (QED) is 0.628. The van der Waals surface area contributed by atoms with Gasteiger partial charge < -0.3 is 10.1 Å². The normalized spacial score (nSPS) is 10.7. The molecule has 0 bridgehead atoms. The maximum absolute atomic E-state index is 13.7. The number of aryl methyl sites for hydroxylation is 1. The first-order valence-corrected chi connectivity index (χ1v) is 9.28. The minimum absolute atomic E-state index is 0.0323. The van der Waals surface area contributed by atoms with Crippen molar-refractivity contribution in [1.29, 1.82) is 0 Å². The molecule has 6 nitrogen and oxygen atoms in total. The first-order valence-electron chi connectivity index (χ1n) is 8.48. The summed E-state index contributed by atoms with van der Waals surface area (Å²) in [6.07, 6.45) is 1.26. The van der Waals surface area contributed by atoms with E-state index in [1.165, 1.54) is 24.0 Å². The lowest BCUT2D eigenvalue weighted by atomic mass is 10.1. The summed E-state index contributed by atoms with van der Waals surface area (Å²) in [5.74, 6) is -1.76. The zero-order valence-corrected chi connectivity index (χ0v) is 17.1. The lowest BCUT2D eigenvalue weighted by molar-refractivity contribution is 0.0963. The first kappa shape index (κ1) is 20.7. The number of ether oxygens (including phenoxy) is 1. The van der Waals surface area contributed by atoms with Crippen LogP contribution in [0.25, 0.3) is 5.69 Å². The molecule has 0 radical (unpaired) electrons. The number of hydrogen-bond donors (Lipinski definition) is 1. The fourth-order valence-electron chi connectivity index (χ4n) is 2.63. The van der Waals surface area contributed by atoms with Crippen LogP contribution in [0.4, 0.5) is 8.78 Å². The van der Waals surface area contributed by atoms with E-state index in [9.17, 15) is 18.4 Å². The number of benzene rings is 2. The molecule has 0 saturated carbocycles. The van der Waals surface area contributed by atoms with Crippen molar-refractivity contribution in [3.05, 3.63) is 85.9 Å². The fourth-order valence-corrected chi connectivity index (χ4v) is 3.04. The van der Waals surface area contributed by atoms with Gasteiger partial charge in [-0.3, -0.25) is 14.2 Å². The molecule has 0 aliphatic rings. The lowest BCUT2D eigenvalue weighted by Gasteiger charge is -2.13. The zero-order valence-electron chi connectivity index (χ0n) is 15.5. The van der Waals surface area contributed by atoms with Gasteiger partial charge >= 0.3 is 0 Å². The molecule has 1 aromatic heterocycles. The molecule has 0 unspecified atom stereocenters. The fraction of sp³-hybridized carbons (Fsp3) is 0.150. The SMILES string of the molecule is CNC(=O)c1ccc(C)c(-n2cnc(OCc3ccc(F)cc3F)c(Br)c2=O)c1. The Labute approximate surface area is 173 Å². The second-order valence-corrected chi connectivity index (χ2v) is 6.94. The van der Waals surface area contributed by atoms with Gasteiger partial charge in [-0.25, -0.2) is 13.8 Å². The topological polar surface area (TPSA) is 73.2 Å². The molecule has 0 atom stereocenters. The van der Waals surface area contributed by atoms with Gasteiger partial charge in [-0.2, -0.15) is 0 Å². The number of rotatable bonds is 5. The summed E-state index contributed by atoms with van der Waals surface area (Å²) in [5, 5.41) is 2.53. The van der Waals surface area contributed by atoms with E-state index in [2.05, 4.69) is 26.2 Å². The minimum Gasteiger partial charge on any atom is -0.472 e. The Hall–Kier alpha value is -3.07. The Morgan fingerprint density at radius 3 is 2.69 bits per heavy atom. The van der Waals surface area contributed by atoms with Crippen LogP contribution in [0.3, 0.4) is 0 Å². The number of carbonyl (C=O) groups excluding carboxylic acids is 1. The predicted octanol–water partition coefficient (Wildman–Crippen LogP) is 3.52. The molecule has 3 aromatic rings. The smallest absolute Gasteiger partial charge is 0.276 e. The molecule has 0 aliphatic carbocycles. The van der Waals surface area contributed by atoms with Crippen LogP contribution in [0.5, 0.6) is 5.88 Å². The Morgan fingerprint density at radius 1 is 1.24 bits per heavy atom. The number of halogens is 3. The van der Waals surface area contributed by atoms with Crippen molar-refractivity contribution in [1.82, 2.24) is 14.9 Å². The standard InChI is InChI=1S/C20H16BrF2N3O3/c1-11-3-4-12(18(27)24-2)7-16(11)26-10-25-19(17(21)20(26)28)29-9-13-5-6-14(22)8-15(13)23/h3-8,10H,9H2,1-2H3,(H,24,27). The van der Waals surface area contributed by atoms with E-state index in [1.807, 2.05) is 0 Å². The van der Waals surface area contributed by atoms with Gasteiger partial charge in [0.1, 0.15) is 29.0 Å². The van der Waals surface area contributed by atoms with E-state index >= 15 is 0 Å². The van der Waals surface area contributed by atoms with Crippen LogP contribution in [0, 0.1) is 18.6 Å². The summed E-state index contributed by atoms with van der Waals surface area (Å²) in [5.41, 5.74) is 1.30. The average molecular weight is 464 g/mol. The maximum Gasteiger partial charge on any atom is 0.276 e. The third-order valence-corrected chi connectivity index (χ3v) is 4.90. The van der Waals surface area contributed by atoms with Gasteiger partial charge in [0.15, 0.2) is 0 Å². The van der Waals surface area contributed by atoms with Crippen molar-refractivity contribution in [3.63, 3.8) is 0 Å². The molecule has 1 amide bonds. The van der Waals surface area contributed by atoms with E-state index in [1.54, 1.807) is 25.1 Å². The monoisotopic (exact) mass is 463 g/mol. The molecular formula is C20H16BrF2N3O3. The van der Waals surface area contributed by atoms with Crippen LogP contribution in [0.1, 0.15) is 21.5 Å². The number of nitrogens with zero attached hydrogens (tertiary/aromatic N) is 2. The molecule has 2 aromatic carbocycles. The van der Waals surface area contributed by atoms with Crippen molar-refractivity contribution in [2.75, 3.05) is 7.05 Å². The molecule has 0 saturated heterocycles. The highest BCUT2D eigenvalue weighted by molar-refractivity contribution is 9.10. The highest BCUT2D eigenvalue weighted by atomic mass is 79.9. The summed E-state index contributed by atoms with van der Waals surface area (Å²) < 4.78 is 33.5. The highest BCUT2D eigenvalue weighted by Gasteiger charge is 2.15. The minimum atomic E-state index is -0.754. The Balaban J connectivity index is 1.92. The number of aromatic nitrogens is 2. The van der Waals surface area contributed by atoms with Crippen LogP contribution < -0.4 is 15.6 Å². The number of carbonyl (C=O) groups is 1. The molecule has 1 N–H and O–H groups in total. The molecule has 0 aliphatic heterocycles. The van der Waals surface area contributed by atoms with Crippen LogP contribution in [-0.4, -0.2) is 22.5 Å². The second-order valence-electron chi connectivity index (χ2n) is 6.14. The molecule has 0 fully saturated rings. The Bertz CT molecular complexity index is 1150. The van der Waals surface area contributed by atoms with Gasteiger partial charge in [-0.15, -0.1) is 0 Å². The molecular weight excluding hydrogens is 448 g/mol. The van der Waals surface area contributed by atoms with Crippen molar-refractivity contribution in [2.45, 2.75) is 13.5 Å². The van der Waals surface area contributed by atoms with Gasteiger partial charge in [0.05, 0.1) is 5.69 Å². The second kappa shape index (κ2) is 8.52. The maximum atomic E-state index is 13.7. The summed E-state index contributed by atoms with van der Waals surface area (Å²) in [6.45, 7) is 1.57. The van der Waals surface area contributed by atoms with Crippen molar-refractivity contribution < 1.29 is 18.3 Å². The number of amides is 1. The van der Waals surface area contributed by atoms with E-state index in [0.717, 1.165) is 17.7 Å². The zero-order chi connectivity index (χ0) is 21.1. The Morgan fingerprint density at radius 2 is 2.00 bits per heavy atom. The van der Waals surface area contributed by atoms with Crippen LogP contribution >= 0.6 is 15.9 Å². The lowest BCUT2D eigenvalue weighted by Crippen LogP contribution is -2.23. The van der Waals surface area contributed by atoms with Gasteiger partial charge in [0, 0.05) is 24.2 Å². The van der Waals surface area contributed by atoms with Crippen molar-refractivity contribution in [3.8, 4) is 11.6 Å². The predicted molar refractivity (Wildman–Crippen MR) is 106 cm³/mol. The number of hydrogen-bond acceptors (Lipinski definition) is 4. The van der Waals surface area contributed by atoms with E-state index in [0.29, 0.717) is 11.3 Å². The van der Waals surface area contributed by atoms with Crippen LogP contribution in [0.15, 0.2) is 52.0 Å². The molecule has 9 heteroatoms. The van der Waals surface area contributed by atoms with Crippen LogP contribution in [-0.2, 0) is 6.61 Å². The summed E-state index contributed by atoms with van der Waals surface area (Å²) in [7, 11) is 1.52. The van der Waals surface area contributed by atoms with Gasteiger partial charge in [-0.05, 0) is 52.7 Å². The molecule has 150 valence electrons. The largest absolute Gasteiger partial charge is 0.472 e. The number of nitrogens with one attached hydrogen (secondary N) is 1. The van der Waals surface area contributed by atoms with Gasteiger partial charge in [0.2, 0.25) is 5.88 Å². The van der Waals surface area contributed by atoms with Crippen LogP contribution in [0.2, 0.25) is 0 Å². The summed E-state index contributed by atoms with van der Waals surface area (Å²) >= 11 is 3.16. The Kier molecular flexibility index (Phi) is 6.07. The van der Waals surface area contributed by atoms with E-state index < -0.39 is 17.2 Å². The van der Waals surface area contributed by atoms with E-state index in [4.69, 9.17) is 4.74 Å². The third-order valence-electron chi connectivity index (χ3n) is 4.22. The highest BCUT2D eigenvalue weighted by Crippen LogP contribution is 2.22. The summed E-state index contributed by atoms with van der Waals surface area (Å²) in [6, 6.07) is 8.08. The van der Waals surface area contributed by atoms with Crippen molar-refractivity contribution in [2.24, 2.45) is 0 Å². The molecule has 1 heterocycles. The van der Waals surface area contributed by atoms with Crippen molar-refractivity contribution >= 4 is 21.8 Å². The van der Waals surface area contributed by atoms with Gasteiger partial charge in [0.25, 0.3) is 11.5 Å². The third kappa shape index (κ3) is 4.34. The van der Waals surface area contributed by atoms with E-state index in [-0.39, 0.29) is 28.4 Å². The first-order chi connectivity index (χ1) is 13.8. The molecule has 3 rings (SSSR count). The molecule has 29 heavy (non-hydrogen) atoms. The van der Waals surface area contributed by atoms with Gasteiger partial charge in [-0.1, -0.05) is 6.07 Å². The molecule has 0 spiro atoms.